The quantitative estimate of drug-likeness (QED) is 0.866. The third-order valence-electron chi connectivity index (χ3n) is 4.15. The standard InChI is InChI=1S/C16H21N7O/c1-3-18-15-12(6-17)7-19-16(22-15)23(13-8-20-21-9-13)14-4-5-24-10-11(14)2/h7-9,11,14H,3-5,10H2,1-2H3,(H,20,21)(H,18,19,22). The number of ether oxygens (including phenoxy) is 1. The van der Waals surface area contributed by atoms with E-state index in [1.54, 1.807) is 12.4 Å². The van der Waals surface area contributed by atoms with Gasteiger partial charge >= 0.3 is 0 Å². The van der Waals surface area contributed by atoms with Crippen LogP contribution in [0.4, 0.5) is 17.5 Å². The normalized spacial score (nSPS) is 20.4. The molecule has 3 heterocycles. The summed E-state index contributed by atoms with van der Waals surface area (Å²) in [7, 11) is 0. The molecule has 0 amide bonds. The van der Waals surface area contributed by atoms with Crippen molar-refractivity contribution in [3.05, 3.63) is 24.2 Å². The number of hydrogen-bond acceptors (Lipinski definition) is 7. The highest BCUT2D eigenvalue weighted by Gasteiger charge is 2.31. The predicted octanol–water partition coefficient (Wildman–Crippen LogP) is 2.07. The average Bonchev–Trinajstić information content (AvgIpc) is 3.12. The summed E-state index contributed by atoms with van der Waals surface area (Å²) in [6.45, 7) is 6.22. The SMILES string of the molecule is CCNc1nc(N(c2cn[nH]c2)C2CCOCC2C)ncc1C#N. The van der Waals surface area contributed by atoms with E-state index >= 15 is 0 Å². The highest BCUT2D eigenvalue weighted by atomic mass is 16.5. The molecule has 0 aliphatic carbocycles. The molecule has 0 bridgehead atoms. The third-order valence-corrected chi connectivity index (χ3v) is 4.15. The average molecular weight is 327 g/mol. The molecule has 2 aromatic rings. The van der Waals surface area contributed by atoms with E-state index in [0.717, 1.165) is 12.1 Å². The van der Waals surface area contributed by atoms with Gasteiger partial charge < -0.3 is 15.0 Å². The minimum Gasteiger partial charge on any atom is -0.381 e. The van der Waals surface area contributed by atoms with Gasteiger partial charge in [0, 0.05) is 31.3 Å². The Balaban J connectivity index is 2.03. The molecule has 2 unspecified atom stereocenters. The number of H-pyrrole nitrogens is 1. The summed E-state index contributed by atoms with van der Waals surface area (Å²) >= 11 is 0. The van der Waals surface area contributed by atoms with Crippen molar-refractivity contribution >= 4 is 17.5 Å². The summed E-state index contributed by atoms with van der Waals surface area (Å²) in [6, 6.07) is 2.33. The van der Waals surface area contributed by atoms with Crippen molar-refractivity contribution in [1.82, 2.24) is 20.2 Å². The lowest BCUT2D eigenvalue weighted by molar-refractivity contribution is 0.0488. The molecule has 1 aliphatic heterocycles. The van der Waals surface area contributed by atoms with Crippen molar-refractivity contribution in [1.29, 1.82) is 5.26 Å². The van der Waals surface area contributed by atoms with Crippen LogP contribution in [0.3, 0.4) is 0 Å². The summed E-state index contributed by atoms with van der Waals surface area (Å²) < 4.78 is 5.57. The summed E-state index contributed by atoms with van der Waals surface area (Å²) in [6.07, 6.45) is 6.04. The number of hydrogen-bond donors (Lipinski definition) is 2. The van der Waals surface area contributed by atoms with E-state index in [2.05, 4.69) is 43.4 Å². The van der Waals surface area contributed by atoms with Gasteiger partial charge in [-0.05, 0) is 13.3 Å². The Kier molecular flexibility index (Phi) is 4.91. The Labute approximate surface area is 140 Å². The Bertz CT molecular complexity index is 710. The van der Waals surface area contributed by atoms with Crippen molar-refractivity contribution in [2.45, 2.75) is 26.3 Å². The first kappa shape index (κ1) is 16.2. The number of nitriles is 1. The van der Waals surface area contributed by atoms with Crippen molar-refractivity contribution in [3.63, 3.8) is 0 Å². The molecule has 2 atom stereocenters. The molecule has 0 radical (unpaired) electrons. The van der Waals surface area contributed by atoms with E-state index < -0.39 is 0 Å². The van der Waals surface area contributed by atoms with Crippen LogP contribution in [0.25, 0.3) is 0 Å². The molecular weight excluding hydrogens is 306 g/mol. The van der Waals surface area contributed by atoms with E-state index in [4.69, 9.17) is 4.74 Å². The number of nitrogens with zero attached hydrogens (tertiary/aromatic N) is 5. The van der Waals surface area contributed by atoms with Crippen LogP contribution in [0.1, 0.15) is 25.8 Å². The van der Waals surface area contributed by atoms with Crippen molar-refractivity contribution < 1.29 is 4.74 Å². The van der Waals surface area contributed by atoms with Crippen LogP contribution in [0.5, 0.6) is 0 Å². The van der Waals surface area contributed by atoms with Crippen molar-refractivity contribution in [3.8, 4) is 6.07 Å². The van der Waals surface area contributed by atoms with E-state index in [-0.39, 0.29) is 6.04 Å². The van der Waals surface area contributed by atoms with Crippen LogP contribution < -0.4 is 10.2 Å². The lowest BCUT2D eigenvalue weighted by Crippen LogP contribution is -2.43. The van der Waals surface area contributed by atoms with Crippen LogP contribution in [-0.2, 0) is 4.74 Å². The van der Waals surface area contributed by atoms with Crippen molar-refractivity contribution in [2.75, 3.05) is 30.0 Å². The zero-order valence-corrected chi connectivity index (χ0v) is 13.9. The first-order valence-electron chi connectivity index (χ1n) is 8.11. The lowest BCUT2D eigenvalue weighted by atomic mass is 9.96. The molecule has 2 aromatic heterocycles. The van der Waals surface area contributed by atoms with Crippen LogP contribution in [0.2, 0.25) is 0 Å². The van der Waals surface area contributed by atoms with Gasteiger partial charge in [0.25, 0.3) is 0 Å². The van der Waals surface area contributed by atoms with E-state index in [1.165, 1.54) is 0 Å². The Morgan fingerprint density at radius 1 is 1.50 bits per heavy atom. The van der Waals surface area contributed by atoms with Crippen LogP contribution in [0, 0.1) is 17.2 Å². The molecule has 1 fully saturated rings. The fraction of sp³-hybridized carbons (Fsp3) is 0.500. The van der Waals surface area contributed by atoms with Crippen LogP contribution in [-0.4, -0.2) is 46.0 Å². The zero-order chi connectivity index (χ0) is 16.9. The minimum atomic E-state index is 0.207. The van der Waals surface area contributed by atoms with Crippen LogP contribution >= 0.6 is 0 Å². The number of nitrogens with one attached hydrogen (secondary N) is 2. The fourth-order valence-corrected chi connectivity index (χ4v) is 2.96. The molecular formula is C16H21N7O. The summed E-state index contributed by atoms with van der Waals surface area (Å²) in [5.74, 6) is 1.44. The molecule has 1 saturated heterocycles. The second-order valence-corrected chi connectivity index (χ2v) is 5.81. The zero-order valence-electron chi connectivity index (χ0n) is 13.9. The number of aromatic amines is 1. The van der Waals surface area contributed by atoms with Gasteiger partial charge in [0.05, 0.1) is 24.7 Å². The molecule has 8 nitrogen and oxygen atoms in total. The first-order valence-corrected chi connectivity index (χ1v) is 8.11. The number of rotatable bonds is 5. The van der Waals surface area contributed by atoms with Gasteiger partial charge in [0.15, 0.2) is 0 Å². The lowest BCUT2D eigenvalue weighted by Gasteiger charge is -2.37. The predicted molar refractivity (Wildman–Crippen MR) is 90.0 cm³/mol. The Morgan fingerprint density at radius 2 is 2.38 bits per heavy atom. The molecule has 126 valence electrons. The maximum absolute atomic E-state index is 9.23. The van der Waals surface area contributed by atoms with Gasteiger partial charge in [-0.25, -0.2) is 4.98 Å². The van der Waals surface area contributed by atoms with Gasteiger partial charge in [0.1, 0.15) is 17.5 Å². The number of anilines is 3. The van der Waals surface area contributed by atoms with Gasteiger partial charge in [0.2, 0.25) is 5.95 Å². The van der Waals surface area contributed by atoms with Gasteiger partial charge in [-0.2, -0.15) is 15.3 Å². The third kappa shape index (κ3) is 3.16. The highest BCUT2D eigenvalue weighted by molar-refractivity contribution is 5.60. The molecule has 2 N–H and O–H groups in total. The van der Waals surface area contributed by atoms with Crippen LogP contribution in [0.15, 0.2) is 18.6 Å². The van der Waals surface area contributed by atoms with E-state index in [9.17, 15) is 5.26 Å². The van der Waals surface area contributed by atoms with Crippen molar-refractivity contribution in [2.24, 2.45) is 5.92 Å². The fourth-order valence-electron chi connectivity index (χ4n) is 2.96. The van der Waals surface area contributed by atoms with E-state index in [1.807, 2.05) is 13.1 Å². The second-order valence-electron chi connectivity index (χ2n) is 5.81. The topological polar surface area (TPSA) is 103 Å². The molecule has 0 saturated carbocycles. The molecule has 8 heteroatoms. The Morgan fingerprint density at radius 3 is 3.04 bits per heavy atom. The molecule has 0 spiro atoms. The first-order chi connectivity index (χ1) is 11.7. The summed E-state index contributed by atoms with van der Waals surface area (Å²) in [4.78, 5) is 11.1. The molecule has 1 aliphatic rings. The molecule has 3 rings (SSSR count). The summed E-state index contributed by atoms with van der Waals surface area (Å²) in [5, 5.41) is 19.3. The number of aromatic nitrogens is 4. The maximum Gasteiger partial charge on any atom is 0.232 e. The second kappa shape index (κ2) is 7.27. The minimum absolute atomic E-state index is 0.207. The van der Waals surface area contributed by atoms with Gasteiger partial charge in [-0.15, -0.1) is 0 Å². The van der Waals surface area contributed by atoms with E-state index in [0.29, 0.717) is 43.0 Å². The monoisotopic (exact) mass is 327 g/mol. The van der Waals surface area contributed by atoms with Gasteiger partial charge in [-0.3, -0.25) is 5.10 Å². The smallest absolute Gasteiger partial charge is 0.232 e. The largest absolute Gasteiger partial charge is 0.381 e. The summed E-state index contributed by atoms with van der Waals surface area (Å²) in [5.41, 5.74) is 1.34. The van der Waals surface area contributed by atoms with Gasteiger partial charge in [-0.1, -0.05) is 6.92 Å². The highest BCUT2D eigenvalue weighted by Crippen LogP contribution is 2.31. The maximum atomic E-state index is 9.23. The molecule has 0 aromatic carbocycles. The Hall–Kier alpha value is -2.66. The molecule has 24 heavy (non-hydrogen) atoms.